The zero-order chi connectivity index (χ0) is 40.4. The molecule has 0 aliphatic carbocycles. The second-order valence-electron chi connectivity index (χ2n) is 16.1. The number of para-hydroxylation sites is 2. The molecule has 0 saturated heterocycles. The van der Waals surface area contributed by atoms with Crippen molar-refractivity contribution in [3.05, 3.63) is 224 Å². The van der Waals surface area contributed by atoms with E-state index in [4.69, 9.17) is 4.42 Å². The van der Waals surface area contributed by atoms with Gasteiger partial charge < -0.3 is 9.32 Å². The van der Waals surface area contributed by atoms with Crippen molar-refractivity contribution >= 4 is 82.1 Å². The molecule has 0 saturated carbocycles. The minimum Gasteiger partial charge on any atom is -0.454 e. The van der Waals surface area contributed by atoms with Gasteiger partial charge in [0.2, 0.25) is 0 Å². The molecule has 61 heavy (non-hydrogen) atoms. The topological polar surface area (TPSA) is 16.4 Å². The monoisotopic (exact) mass is 777 g/mol. The van der Waals surface area contributed by atoms with Crippen LogP contribution in [0, 0.1) is 6.92 Å². The Morgan fingerprint density at radius 1 is 0.328 bits per heavy atom. The molecule has 0 radical (unpaired) electrons. The zero-order valence-corrected chi connectivity index (χ0v) is 33.6. The van der Waals surface area contributed by atoms with E-state index in [9.17, 15) is 0 Å². The molecule has 0 aliphatic rings. The van der Waals surface area contributed by atoms with E-state index in [0.717, 1.165) is 55.7 Å². The molecule has 0 unspecified atom stereocenters. The van der Waals surface area contributed by atoms with Crippen molar-refractivity contribution in [2.24, 2.45) is 0 Å². The Kier molecular flexibility index (Phi) is 8.11. The summed E-state index contributed by atoms with van der Waals surface area (Å²) in [4.78, 5) is 2.39. The highest BCUT2D eigenvalue weighted by atomic mass is 16.3. The minimum absolute atomic E-state index is 0.867. The van der Waals surface area contributed by atoms with Crippen molar-refractivity contribution in [2.45, 2.75) is 6.92 Å². The average Bonchev–Trinajstić information content (AvgIpc) is 3.73. The molecule has 11 aromatic carbocycles. The molecule has 0 bridgehead atoms. The van der Waals surface area contributed by atoms with Crippen molar-refractivity contribution < 1.29 is 4.42 Å². The van der Waals surface area contributed by atoms with Gasteiger partial charge in [-0.3, -0.25) is 0 Å². The Bertz CT molecular complexity index is 3660. The van der Waals surface area contributed by atoms with Crippen LogP contribution >= 0.6 is 0 Å². The number of anilines is 3. The van der Waals surface area contributed by atoms with Crippen LogP contribution in [0.15, 0.2) is 223 Å². The molecule has 1 aromatic heterocycles. The highest BCUT2D eigenvalue weighted by Gasteiger charge is 2.24. The molecular weight excluding hydrogens is 739 g/mol. The summed E-state index contributed by atoms with van der Waals surface area (Å²) in [6, 6.07) is 79.4. The van der Waals surface area contributed by atoms with Crippen molar-refractivity contribution in [2.75, 3.05) is 4.90 Å². The van der Waals surface area contributed by atoms with Gasteiger partial charge in [0.05, 0.1) is 11.4 Å². The van der Waals surface area contributed by atoms with Crippen molar-refractivity contribution in [3.63, 3.8) is 0 Å². The number of hydrogen-bond donors (Lipinski definition) is 0. The van der Waals surface area contributed by atoms with E-state index < -0.39 is 0 Å². The summed E-state index contributed by atoms with van der Waals surface area (Å²) in [5.74, 6) is 0. The zero-order valence-electron chi connectivity index (χ0n) is 33.6. The maximum absolute atomic E-state index is 7.01. The quantitative estimate of drug-likeness (QED) is 0.167. The van der Waals surface area contributed by atoms with E-state index >= 15 is 0 Å². The lowest BCUT2D eigenvalue weighted by Crippen LogP contribution is -2.11. The molecule has 12 aromatic rings. The largest absolute Gasteiger partial charge is 0.454 e. The molecule has 12 rings (SSSR count). The fourth-order valence-electron chi connectivity index (χ4n) is 9.52. The summed E-state index contributed by atoms with van der Waals surface area (Å²) in [6.45, 7) is 2.15. The summed E-state index contributed by atoms with van der Waals surface area (Å²) in [7, 11) is 0. The molecule has 0 spiro atoms. The molecule has 286 valence electrons. The smallest absolute Gasteiger partial charge is 0.159 e. The number of nitrogens with zero attached hydrogens (tertiary/aromatic N) is 1. The Labute approximate surface area is 354 Å². The van der Waals surface area contributed by atoms with Crippen LogP contribution in [0.4, 0.5) is 17.1 Å². The van der Waals surface area contributed by atoms with Crippen LogP contribution in [0.1, 0.15) is 5.56 Å². The van der Waals surface area contributed by atoms with E-state index in [1.165, 1.54) is 65.3 Å². The summed E-state index contributed by atoms with van der Waals surface area (Å²) in [5.41, 5.74) is 13.2. The van der Waals surface area contributed by atoms with Crippen molar-refractivity contribution in [1.82, 2.24) is 0 Å². The standard InChI is InChI=1S/C59H39NO/c1-38-34-48-15-5-7-18-51(48)57-54-21-11-23-56(59(54)61-58(38)57)60(55-22-9-8-19-53(55)52-20-10-16-41-13-4-6-17-50(41)52)49-32-30-40(31-33-49)43-26-27-46-37-47(29-28-45(46)36-43)44-25-24-39-12-2-3-14-42(39)35-44/h2-37H,1H3. The molecule has 0 N–H and O–H groups in total. The molecular formula is C59H39NO. The van der Waals surface area contributed by atoms with Gasteiger partial charge >= 0.3 is 0 Å². The molecule has 1 heterocycles. The fraction of sp³-hybridized carbons (Fsp3) is 0.0169. The van der Waals surface area contributed by atoms with E-state index in [1.807, 2.05) is 0 Å². The van der Waals surface area contributed by atoms with Gasteiger partial charge in [-0.25, -0.2) is 0 Å². The number of furan rings is 1. The minimum atomic E-state index is 0.867. The Balaban J connectivity index is 0.999. The lowest BCUT2D eigenvalue weighted by Gasteiger charge is -2.28. The first-order valence-corrected chi connectivity index (χ1v) is 21.0. The third kappa shape index (κ3) is 5.87. The number of benzene rings is 11. The lowest BCUT2D eigenvalue weighted by molar-refractivity contribution is 0.666. The maximum Gasteiger partial charge on any atom is 0.159 e. The lowest BCUT2D eigenvalue weighted by atomic mass is 9.95. The highest BCUT2D eigenvalue weighted by molar-refractivity contribution is 6.22. The fourth-order valence-corrected chi connectivity index (χ4v) is 9.52. The SMILES string of the molecule is Cc1cc2ccccc2c2c1oc1c(N(c3ccc(-c4ccc5cc(-c6ccc7ccccc7c6)ccc5c4)cc3)c3ccccc3-c3cccc4ccccc34)cccc12. The Hall–Kier alpha value is -7.94. The van der Waals surface area contributed by atoms with Crippen LogP contribution < -0.4 is 4.90 Å². The van der Waals surface area contributed by atoms with Crippen molar-refractivity contribution in [1.29, 1.82) is 0 Å². The van der Waals surface area contributed by atoms with Crippen LogP contribution in [-0.4, -0.2) is 0 Å². The van der Waals surface area contributed by atoms with Gasteiger partial charge in [-0.1, -0.05) is 170 Å². The average molecular weight is 778 g/mol. The summed E-state index contributed by atoms with van der Waals surface area (Å²) < 4.78 is 7.01. The van der Waals surface area contributed by atoms with Gasteiger partial charge in [0.15, 0.2) is 5.58 Å². The van der Waals surface area contributed by atoms with Crippen LogP contribution in [-0.2, 0) is 0 Å². The van der Waals surface area contributed by atoms with Gasteiger partial charge in [0.1, 0.15) is 5.58 Å². The van der Waals surface area contributed by atoms with Gasteiger partial charge in [-0.2, -0.15) is 0 Å². The predicted molar refractivity (Wildman–Crippen MR) is 259 cm³/mol. The Morgan fingerprint density at radius 3 is 1.61 bits per heavy atom. The van der Waals surface area contributed by atoms with Gasteiger partial charge in [0.25, 0.3) is 0 Å². The summed E-state index contributed by atoms with van der Waals surface area (Å²) >= 11 is 0. The van der Waals surface area contributed by atoms with Gasteiger partial charge in [-0.15, -0.1) is 0 Å². The van der Waals surface area contributed by atoms with Crippen LogP contribution in [0.5, 0.6) is 0 Å². The van der Waals surface area contributed by atoms with E-state index in [-0.39, 0.29) is 0 Å². The van der Waals surface area contributed by atoms with E-state index in [0.29, 0.717) is 0 Å². The first kappa shape index (κ1) is 35.0. The number of aryl methyl sites for hydroxylation is 1. The van der Waals surface area contributed by atoms with E-state index in [1.54, 1.807) is 0 Å². The third-order valence-electron chi connectivity index (χ3n) is 12.5. The first-order valence-electron chi connectivity index (χ1n) is 21.0. The number of rotatable bonds is 6. The second kappa shape index (κ2) is 14.1. The van der Waals surface area contributed by atoms with Crippen LogP contribution in [0.2, 0.25) is 0 Å². The highest BCUT2D eigenvalue weighted by Crippen LogP contribution is 2.48. The summed E-state index contributed by atoms with van der Waals surface area (Å²) in [6.07, 6.45) is 0. The summed E-state index contributed by atoms with van der Waals surface area (Å²) in [5, 5.41) is 12.1. The molecule has 2 nitrogen and oxygen atoms in total. The second-order valence-corrected chi connectivity index (χ2v) is 16.1. The molecule has 0 aliphatic heterocycles. The Morgan fingerprint density at radius 2 is 0.836 bits per heavy atom. The first-order chi connectivity index (χ1) is 30.1. The number of hydrogen-bond acceptors (Lipinski definition) is 2. The van der Waals surface area contributed by atoms with Gasteiger partial charge in [0, 0.05) is 22.0 Å². The van der Waals surface area contributed by atoms with E-state index in [2.05, 4.69) is 230 Å². The molecule has 0 atom stereocenters. The van der Waals surface area contributed by atoms with Gasteiger partial charge in [-0.05, 0) is 132 Å². The molecule has 2 heteroatoms. The van der Waals surface area contributed by atoms with Crippen LogP contribution in [0.3, 0.4) is 0 Å². The normalized spacial score (nSPS) is 11.7. The third-order valence-corrected chi connectivity index (χ3v) is 12.5. The molecule has 0 fully saturated rings. The molecule has 0 amide bonds. The number of fused-ring (bicyclic) bond motifs is 8. The predicted octanol–water partition coefficient (Wildman–Crippen LogP) is 17.0. The van der Waals surface area contributed by atoms with Crippen molar-refractivity contribution in [3.8, 4) is 33.4 Å². The van der Waals surface area contributed by atoms with Crippen LogP contribution in [0.25, 0.3) is 98.4 Å². The maximum atomic E-state index is 7.01.